The highest BCUT2D eigenvalue weighted by atomic mass is 32.2. The topological polar surface area (TPSA) is 191 Å². The van der Waals surface area contributed by atoms with E-state index in [1.165, 1.54) is 25.6 Å². The Kier molecular flexibility index (Phi) is 12.9. The van der Waals surface area contributed by atoms with Crippen molar-refractivity contribution in [1.82, 2.24) is 16.0 Å². The van der Waals surface area contributed by atoms with Crippen LogP contribution in [-0.2, 0) is 19.2 Å². The Morgan fingerprint density at radius 2 is 1.41 bits per heavy atom. The van der Waals surface area contributed by atoms with Crippen molar-refractivity contribution in [3.05, 3.63) is 0 Å². The number of nitrogens with two attached hydrogens (primary N) is 1. The number of thioether (sulfide) groups is 1. The van der Waals surface area contributed by atoms with Gasteiger partial charge in [0.25, 0.3) is 0 Å². The molecule has 0 aliphatic heterocycles. The van der Waals surface area contributed by atoms with Crippen LogP contribution in [0, 0.1) is 0 Å². The van der Waals surface area contributed by atoms with E-state index < -0.39 is 60.1 Å². The van der Waals surface area contributed by atoms with Crippen LogP contribution in [0.3, 0.4) is 0 Å². The number of rotatable bonds is 13. The van der Waals surface area contributed by atoms with Gasteiger partial charge in [0.2, 0.25) is 17.7 Å². The molecule has 0 fully saturated rings. The number of hydrogen-bond acceptors (Lipinski definition) is 9. The lowest BCUT2D eigenvalue weighted by atomic mass is 10.1. The third-order valence-corrected chi connectivity index (χ3v) is 4.92. The molecule has 6 unspecified atom stereocenters. The molecule has 0 aromatic rings. The first kappa shape index (κ1) is 27.5. The van der Waals surface area contributed by atoms with E-state index in [4.69, 9.17) is 5.73 Å². The summed E-state index contributed by atoms with van der Waals surface area (Å²) in [6.07, 6.45) is -0.781. The summed E-state index contributed by atoms with van der Waals surface area (Å²) in [6.45, 7) is 2.48. The fourth-order valence-electron chi connectivity index (χ4n) is 2.15. The van der Waals surface area contributed by atoms with Gasteiger partial charge in [-0.05, 0) is 32.3 Å². The van der Waals surface area contributed by atoms with Gasteiger partial charge in [0.05, 0.1) is 18.2 Å². The zero-order chi connectivity index (χ0) is 22.7. The van der Waals surface area contributed by atoms with E-state index in [9.17, 15) is 34.5 Å². The summed E-state index contributed by atoms with van der Waals surface area (Å²) in [5, 5.41) is 35.7. The van der Waals surface area contributed by atoms with Crippen LogP contribution in [0.4, 0.5) is 0 Å². The first-order valence-corrected chi connectivity index (χ1v) is 10.8. The number of hydrogen-bond donors (Lipinski definition) is 8. The number of aliphatic carboxylic acids is 1. The Bertz CT molecular complexity index is 577. The van der Waals surface area contributed by atoms with Crippen molar-refractivity contribution in [2.75, 3.05) is 17.8 Å². The molecular formula is C16H30N4O7S2. The minimum absolute atomic E-state index is 0.00527. The number of carboxylic acid groups (broad SMARTS) is 1. The lowest BCUT2D eigenvalue weighted by Crippen LogP contribution is -2.62. The van der Waals surface area contributed by atoms with Crippen molar-refractivity contribution >= 4 is 48.1 Å². The maximum atomic E-state index is 12.5. The number of nitrogens with one attached hydrogen (secondary N) is 3. The normalized spacial score (nSPS) is 17.2. The van der Waals surface area contributed by atoms with Gasteiger partial charge >= 0.3 is 5.97 Å². The zero-order valence-corrected chi connectivity index (χ0v) is 18.2. The SMILES string of the molecule is CSCCC(NC(=O)C(NC(=O)C(NC(=O)C(N)CS)C(C)O)C(C)O)C(=O)O. The second kappa shape index (κ2) is 13.6. The fraction of sp³-hybridized carbons (Fsp3) is 0.750. The molecule has 0 aliphatic carbocycles. The maximum absolute atomic E-state index is 12.5. The molecule has 3 amide bonds. The van der Waals surface area contributed by atoms with Crippen molar-refractivity contribution in [3.63, 3.8) is 0 Å². The summed E-state index contributed by atoms with van der Waals surface area (Å²) in [5.41, 5.74) is 5.52. The van der Waals surface area contributed by atoms with E-state index in [1.807, 2.05) is 0 Å². The van der Waals surface area contributed by atoms with Gasteiger partial charge < -0.3 is 37.0 Å². The molecule has 168 valence electrons. The highest BCUT2D eigenvalue weighted by molar-refractivity contribution is 7.98. The van der Waals surface area contributed by atoms with Crippen molar-refractivity contribution in [2.45, 2.75) is 56.6 Å². The van der Waals surface area contributed by atoms with E-state index in [1.54, 1.807) is 6.26 Å². The standard InChI is InChI=1S/C16H30N4O7S2/c1-7(21)11(14(24)18-10(16(26)27)4-5-29-3)20-15(25)12(8(2)22)19-13(23)9(17)6-28/h7-12,21-22,28H,4-6,17H2,1-3H3,(H,18,24)(H,19,23)(H,20,25)(H,26,27). The van der Waals surface area contributed by atoms with Crippen LogP contribution in [0.5, 0.6) is 0 Å². The van der Waals surface area contributed by atoms with E-state index in [0.29, 0.717) is 5.75 Å². The van der Waals surface area contributed by atoms with Crippen LogP contribution in [0.1, 0.15) is 20.3 Å². The quantitative estimate of drug-likeness (QED) is 0.137. The highest BCUT2D eigenvalue weighted by Crippen LogP contribution is 2.04. The molecule has 0 saturated carbocycles. The van der Waals surface area contributed by atoms with Crippen molar-refractivity contribution < 1.29 is 34.5 Å². The van der Waals surface area contributed by atoms with Crippen molar-refractivity contribution in [2.24, 2.45) is 5.73 Å². The molecule has 29 heavy (non-hydrogen) atoms. The first-order chi connectivity index (χ1) is 13.5. The van der Waals surface area contributed by atoms with Gasteiger partial charge in [-0.25, -0.2) is 4.79 Å². The van der Waals surface area contributed by atoms with E-state index >= 15 is 0 Å². The van der Waals surface area contributed by atoms with Gasteiger partial charge in [-0.1, -0.05) is 0 Å². The summed E-state index contributed by atoms with van der Waals surface area (Å²) < 4.78 is 0. The monoisotopic (exact) mass is 454 g/mol. The van der Waals surface area contributed by atoms with Gasteiger partial charge in [0.15, 0.2) is 0 Å². The molecule has 0 bridgehead atoms. The average Bonchev–Trinajstić information content (AvgIpc) is 2.65. The molecule has 0 aromatic heterocycles. The predicted molar refractivity (Wildman–Crippen MR) is 112 cm³/mol. The maximum Gasteiger partial charge on any atom is 0.326 e. The Morgan fingerprint density at radius 3 is 1.79 bits per heavy atom. The van der Waals surface area contributed by atoms with Crippen molar-refractivity contribution in [3.8, 4) is 0 Å². The smallest absolute Gasteiger partial charge is 0.326 e. The number of aliphatic hydroxyl groups is 2. The lowest BCUT2D eigenvalue weighted by molar-refractivity contribution is -0.143. The second-order valence-electron chi connectivity index (χ2n) is 6.42. The number of carbonyl (C=O) groups excluding carboxylic acids is 3. The Hall–Kier alpha value is -1.54. The number of carbonyl (C=O) groups is 4. The summed E-state index contributed by atoms with van der Waals surface area (Å²) in [5.74, 6) is -3.36. The van der Waals surface area contributed by atoms with E-state index in [2.05, 4.69) is 28.6 Å². The molecule has 6 atom stereocenters. The van der Waals surface area contributed by atoms with Gasteiger partial charge in [-0.3, -0.25) is 14.4 Å². The Labute approximate surface area is 179 Å². The molecule has 0 aliphatic rings. The highest BCUT2D eigenvalue weighted by Gasteiger charge is 2.34. The van der Waals surface area contributed by atoms with Crippen LogP contribution >= 0.6 is 24.4 Å². The zero-order valence-electron chi connectivity index (χ0n) is 16.5. The van der Waals surface area contributed by atoms with E-state index in [-0.39, 0.29) is 12.2 Å². The number of aliphatic hydroxyl groups excluding tert-OH is 2. The van der Waals surface area contributed by atoms with Crippen LogP contribution in [0.15, 0.2) is 0 Å². The van der Waals surface area contributed by atoms with Gasteiger partial charge in [0, 0.05) is 5.75 Å². The molecule has 0 aromatic carbocycles. The largest absolute Gasteiger partial charge is 0.480 e. The van der Waals surface area contributed by atoms with Crippen LogP contribution in [0.25, 0.3) is 0 Å². The number of carboxylic acids is 1. The van der Waals surface area contributed by atoms with Gasteiger partial charge in [-0.15, -0.1) is 0 Å². The molecular weight excluding hydrogens is 424 g/mol. The second-order valence-corrected chi connectivity index (χ2v) is 7.77. The van der Waals surface area contributed by atoms with E-state index in [0.717, 1.165) is 0 Å². The number of thiol groups is 1. The summed E-state index contributed by atoms with van der Waals surface area (Å²) in [4.78, 5) is 48.1. The molecule has 13 heteroatoms. The summed E-state index contributed by atoms with van der Waals surface area (Å²) >= 11 is 5.28. The van der Waals surface area contributed by atoms with Crippen LogP contribution in [0.2, 0.25) is 0 Å². The molecule has 0 saturated heterocycles. The molecule has 0 spiro atoms. The Balaban J connectivity index is 5.27. The Morgan fingerprint density at radius 1 is 0.966 bits per heavy atom. The molecule has 0 rings (SSSR count). The average molecular weight is 455 g/mol. The fourth-order valence-corrected chi connectivity index (χ4v) is 2.79. The third-order valence-electron chi connectivity index (χ3n) is 3.88. The molecule has 11 nitrogen and oxygen atoms in total. The summed E-state index contributed by atoms with van der Waals surface area (Å²) in [6, 6.07) is -5.17. The lowest BCUT2D eigenvalue weighted by Gasteiger charge is -2.27. The minimum Gasteiger partial charge on any atom is -0.480 e. The van der Waals surface area contributed by atoms with Gasteiger partial charge in [0.1, 0.15) is 18.1 Å². The predicted octanol–water partition coefficient (Wildman–Crippen LogP) is -2.70. The van der Waals surface area contributed by atoms with Crippen molar-refractivity contribution in [1.29, 1.82) is 0 Å². The van der Waals surface area contributed by atoms with Crippen LogP contribution in [-0.4, -0.2) is 93.1 Å². The van der Waals surface area contributed by atoms with Gasteiger partial charge in [-0.2, -0.15) is 24.4 Å². The molecule has 8 N–H and O–H groups in total. The third kappa shape index (κ3) is 9.67. The molecule has 0 heterocycles. The number of amides is 3. The van der Waals surface area contributed by atoms with Crippen LogP contribution < -0.4 is 21.7 Å². The summed E-state index contributed by atoms with van der Waals surface area (Å²) in [7, 11) is 0. The molecule has 0 radical (unpaired) electrons. The minimum atomic E-state index is -1.50. The first-order valence-electron chi connectivity index (χ1n) is 8.81.